The van der Waals surface area contributed by atoms with Gasteiger partial charge in [-0.3, -0.25) is 0 Å². The minimum absolute atomic E-state index is 0.00231. The number of phenols is 2. The van der Waals surface area contributed by atoms with Crippen LogP contribution in [0, 0.1) is 0 Å². The van der Waals surface area contributed by atoms with Crippen LogP contribution in [0.25, 0.3) is 0 Å². The Morgan fingerprint density at radius 2 is 1.27 bits per heavy atom. The van der Waals surface area contributed by atoms with Crippen molar-refractivity contribution < 1.29 is 39.5 Å². The van der Waals surface area contributed by atoms with E-state index in [0.717, 1.165) is 11.1 Å². The number of esters is 2. The Hall–Kier alpha value is -3.62. The number of aliphatic hydroxyl groups excluding tert-OH is 2. The van der Waals surface area contributed by atoms with Gasteiger partial charge in [-0.25, -0.2) is 9.59 Å². The summed E-state index contributed by atoms with van der Waals surface area (Å²) in [6.07, 6.45) is -2.32. The van der Waals surface area contributed by atoms with Gasteiger partial charge in [-0.15, -0.1) is 0 Å². The molecular formula is C29H36O8. The maximum Gasteiger partial charge on any atom is 0.333 e. The SMILES string of the molecule is C=C(C)C(=O)OCC(O)Cc1c(O)ccc(C(C)(C)c2ccc(O)cc2)c1CC(O)COC(=O)C(=C)C. The van der Waals surface area contributed by atoms with E-state index in [0.29, 0.717) is 11.1 Å². The van der Waals surface area contributed by atoms with Crippen molar-refractivity contribution in [2.45, 2.75) is 58.2 Å². The number of aromatic hydroxyl groups is 2. The molecule has 0 heterocycles. The highest BCUT2D eigenvalue weighted by atomic mass is 16.5. The lowest BCUT2D eigenvalue weighted by Crippen LogP contribution is -2.28. The molecule has 0 aliphatic rings. The number of ether oxygens (including phenoxy) is 2. The number of phenolic OH excluding ortho intramolecular Hbond substituents is 2. The van der Waals surface area contributed by atoms with Crippen molar-refractivity contribution >= 4 is 11.9 Å². The lowest BCUT2D eigenvalue weighted by molar-refractivity contribution is -0.142. The number of carbonyl (C=O) groups excluding carboxylic acids is 2. The first-order chi connectivity index (χ1) is 17.2. The molecular weight excluding hydrogens is 476 g/mol. The van der Waals surface area contributed by atoms with Crippen LogP contribution in [0.4, 0.5) is 0 Å². The molecule has 2 aromatic carbocycles. The second-order valence-corrected chi connectivity index (χ2v) is 9.73. The van der Waals surface area contributed by atoms with Crippen molar-refractivity contribution in [3.05, 3.63) is 83.0 Å². The van der Waals surface area contributed by atoms with E-state index in [1.54, 1.807) is 30.3 Å². The molecule has 37 heavy (non-hydrogen) atoms. The summed E-state index contributed by atoms with van der Waals surface area (Å²) in [7, 11) is 0. The molecule has 8 heteroatoms. The molecule has 2 unspecified atom stereocenters. The average molecular weight is 513 g/mol. The van der Waals surface area contributed by atoms with E-state index in [9.17, 15) is 30.0 Å². The van der Waals surface area contributed by atoms with Crippen molar-refractivity contribution in [2.24, 2.45) is 0 Å². The van der Waals surface area contributed by atoms with Crippen LogP contribution >= 0.6 is 0 Å². The van der Waals surface area contributed by atoms with Gasteiger partial charge in [0.1, 0.15) is 24.7 Å². The van der Waals surface area contributed by atoms with Crippen LogP contribution in [0.5, 0.6) is 11.5 Å². The lowest BCUT2D eigenvalue weighted by atomic mass is 9.73. The molecule has 0 aromatic heterocycles. The summed E-state index contributed by atoms with van der Waals surface area (Å²) in [6.45, 7) is 13.3. The highest BCUT2D eigenvalue weighted by Gasteiger charge is 2.30. The molecule has 0 saturated carbocycles. The minimum atomic E-state index is -1.14. The normalized spacial score (nSPS) is 12.9. The molecule has 0 aliphatic carbocycles. The molecule has 2 aromatic rings. The summed E-state index contributed by atoms with van der Waals surface area (Å²) in [5.41, 5.74) is 2.30. The van der Waals surface area contributed by atoms with Crippen LogP contribution in [-0.4, -0.2) is 57.8 Å². The Bertz CT molecular complexity index is 1150. The highest BCUT2D eigenvalue weighted by Crippen LogP contribution is 2.39. The number of hydrogen-bond acceptors (Lipinski definition) is 8. The summed E-state index contributed by atoms with van der Waals surface area (Å²) in [5, 5.41) is 41.9. The zero-order valence-electron chi connectivity index (χ0n) is 21.8. The van der Waals surface area contributed by atoms with E-state index >= 15 is 0 Å². The van der Waals surface area contributed by atoms with E-state index in [4.69, 9.17) is 9.47 Å². The van der Waals surface area contributed by atoms with Gasteiger partial charge in [0.05, 0.1) is 12.2 Å². The first kappa shape index (κ1) is 29.6. The monoisotopic (exact) mass is 512 g/mol. The number of rotatable bonds is 12. The van der Waals surface area contributed by atoms with Gasteiger partial charge >= 0.3 is 11.9 Å². The van der Waals surface area contributed by atoms with Gasteiger partial charge < -0.3 is 29.9 Å². The van der Waals surface area contributed by atoms with Crippen LogP contribution in [-0.2, 0) is 37.3 Å². The van der Waals surface area contributed by atoms with Gasteiger partial charge in [-0.1, -0.05) is 45.2 Å². The predicted octanol–water partition coefficient (Wildman–Crippen LogP) is 3.47. The maximum absolute atomic E-state index is 11.8. The van der Waals surface area contributed by atoms with Crippen LogP contribution in [0.15, 0.2) is 60.7 Å². The third kappa shape index (κ3) is 7.93. The van der Waals surface area contributed by atoms with Crippen molar-refractivity contribution in [2.75, 3.05) is 13.2 Å². The standard InChI is InChI=1S/C29H36O8/c1-17(2)27(34)36-15-21(31)13-23-24(14-22(32)16-37-28(35)18(3)4)26(33)12-11-25(23)29(5,6)19-7-9-20(30)10-8-19/h7-12,21-22,30-33H,1,3,13-16H2,2,4-6H3. The molecule has 2 atom stereocenters. The number of benzene rings is 2. The molecule has 0 amide bonds. The number of carbonyl (C=O) groups is 2. The molecule has 0 radical (unpaired) electrons. The smallest absolute Gasteiger partial charge is 0.333 e. The highest BCUT2D eigenvalue weighted by molar-refractivity contribution is 5.87. The fourth-order valence-corrected chi connectivity index (χ4v) is 3.94. The molecule has 0 saturated heterocycles. The van der Waals surface area contributed by atoms with E-state index in [-0.39, 0.29) is 48.7 Å². The Balaban J connectivity index is 2.48. The molecule has 200 valence electrons. The summed E-state index contributed by atoms with van der Waals surface area (Å²) >= 11 is 0. The van der Waals surface area contributed by atoms with Gasteiger partial charge in [0, 0.05) is 35.0 Å². The number of aliphatic hydroxyl groups is 2. The predicted molar refractivity (Wildman–Crippen MR) is 139 cm³/mol. The number of hydrogen-bond donors (Lipinski definition) is 4. The van der Waals surface area contributed by atoms with Gasteiger partial charge in [0.25, 0.3) is 0 Å². The third-order valence-corrected chi connectivity index (χ3v) is 6.06. The van der Waals surface area contributed by atoms with Gasteiger partial charge in [-0.2, -0.15) is 0 Å². The Morgan fingerprint density at radius 1 is 0.811 bits per heavy atom. The van der Waals surface area contributed by atoms with E-state index in [2.05, 4.69) is 13.2 Å². The maximum atomic E-state index is 11.8. The summed E-state index contributed by atoms with van der Waals surface area (Å²) in [4.78, 5) is 23.5. The van der Waals surface area contributed by atoms with Crippen LogP contribution in [0.1, 0.15) is 49.9 Å². The molecule has 0 aliphatic heterocycles. The van der Waals surface area contributed by atoms with Crippen molar-refractivity contribution in [1.29, 1.82) is 0 Å². The van der Waals surface area contributed by atoms with E-state index in [1.165, 1.54) is 19.9 Å². The summed E-state index contributed by atoms with van der Waals surface area (Å²) in [5.74, 6) is -1.25. The van der Waals surface area contributed by atoms with E-state index < -0.39 is 29.6 Å². The summed E-state index contributed by atoms with van der Waals surface area (Å²) < 4.78 is 10.2. The van der Waals surface area contributed by atoms with Crippen LogP contribution in [0.2, 0.25) is 0 Å². The van der Waals surface area contributed by atoms with Crippen molar-refractivity contribution in [3.8, 4) is 11.5 Å². The fraction of sp³-hybridized carbons (Fsp3) is 0.379. The average Bonchev–Trinajstić information content (AvgIpc) is 2.83. The lowest BCUT2D eigenvalue weighted by Gasteiger charge is -2.31. The molecule has 2 rings (SSSR count). The first-order valence-electron chi connectivity index (χ1n) is 11.9. The zero-order chi connectivity index (χ0) is 27.9. The fourth-order valence-electron chi connectivity index (χ4n) is 3.94. The van der Waals surface area contributed by atoms with Crippen molar-refractivity contribution in [3.63, 3.8) is 0 Å². The molecule has 0 spiro atoms. The first-order valence-corrected chi connectivity index (χ1v) is 11.9. The topological polar surface area (TPSA) is 134 Å². The second-order valence-electron chi connectivity index (χ2n) is 9.73. The van der Waals surface area contributed by atoms with Gasteiger partial charge in [0.15, 0.2) is 0 Å². The molecule has 8 nitrogen and oxygen atoms in total. The quantitative estimate of drug-likeness (QED) is 0.251. The minimum Gasteiger partial charge on any atom is -0.508 e. The molecule has 0 bridgehead atoms. The summed E-state index contributed by atoms with van der Waals surface area (Å²) in [6, 6.07) is 9.95. The van der Waals surface area contributed by atoms with Gasteiger partial charge in [-0.05, 0) is 48.7 Å². The second kappa shape index (κ2) is 12.6. The van der Waals surface area contributed by atoms with Crippen LogP contribution in [0.3, 0.4) is 0 Å². The Labute approximate surface area is 217 Å². The Kier molecular flexibility index (Phi) is 10.1. The Morgan fingerprint density at radius 3 is 1.73 bits per heavy atom. The van der Waals surface area contributed by atoms with Gasteiger partial charge in [0.2, 0.25) is 0 Å². The van der Waals surface area contributed by atoms with Crippen LogP contribution < -0.4 is 0 Å². The third-order valence-electron chi connectivity index (χ3n) is 6.06. The molecule has 0 fully saturated rings. The van der Waals surface area contributed by atoms with E-state index in [1.807, 2.05) is 13.8 Å². The van der Waals surface area contributed by atoms with Crippen molar-refractivity contribution in [1.82, 2.24) is 0 Å². The zero-order valence-corrected chi connectivity index (χ0v) is 21.8. The largest absolute Gasteiger partial charge is 0.508 e. The molecule has 4 N–H and O–H groups in total.